The fourth-order valence-corrected chi connectivity index (χ4v) is 3.83. The molecule has 0 aromatic heterocycles. The van der Waals surface area contributed by atoms with E-state index in [0.29, 0.717) is 17.1 Å². The van der Waals surface area contributed by atoms with E-state index in [1.807, 2.05) is 24.3 Å². The van der Waals surface area contributed by atoms with Crippen molar-refractivity contribution in [3.63, 3.8) is 0 Å². The molecule has 0 fully saturated rings. The smallest absolute Gasteiger partial charge is 0.329 e. The molecule has 25 heavy (non-hydrogen) atoms. The number of benzene rings is 2. The van der Waals surface area contributed by atoms with Crippen LogP contribution in [0.2, 0.25) is 0 Å². The largest absolute Gasteiger partial charge is 0.467 e. The maximum atomic E-state index is 13.6. The highest BCUT2D eigenvalue weighted by molar-refractivity contribution is 7.99. The average molecular weight is 359 g/mol. The molecule has 0 bridgehead atoms. The molecule has 0 saturated heterocycles. The quantitative estimate of drug-likeness (QED) is 0.606. The van der Waals surface area contributed by atoms with Gasteiger partial charge in [-0.2, -0.15) is 0 Å². The van der Waals surface area contributed by atoms with Gasteiger partial charge in [-0.25, -0.2) is 9.18 Å². The van der Waals surface area contributed by atoms with Gasteiger partial charge in [0, 0.05) is 29.2 Å². The van der Waals surface area contributed by atoms with Crippen molar-refractivity contribution in [2.75, 3.05) is 17.8 Å². The Kier molecular flexibility index (Phi) is 5.38. The van der Waals surface area contributed by atoms with Gasteiger partial charge in [0.15, 0.2) is 0 Å². The summed E-state index contributed by atoms with van der Waals surface area (Å²) in [6.07, 6.45) is 0.663. The molecule has 0 aliphatic carbocycles. The molecule has 1 atom stereocenters. The number of thioether (sulfide) groups is 1. The third kappa shape index (κ3) is 3.69. The van der Waals surface area contributed by atoms with E-state index in [4.69, 9.17) is 4.74 Å². The second kappa shape index (κ2) is 7.70. The zero-order valence-corrected chi connectivity index (χ0v) is 14.6. The lowest BCUT2D eigenvalue weighted by Gasteiger charge is -2.23. The zero-order valence-electron chi connectivity index (χ0n) is 13.8. The molecule has 0 N–H and O–H groups in total. The maximum absolute atomic E-state index is 13.6. The fourth-order valence-electron chi connectivity index (χ4n) is 2.95. The van der Waals surface area contributed by atoms with Gasteiger partial charge >= 0.3 is 5.97 Å². The Balaban J connectivity index is 1.70. The predicted molar refractivity (Wildman–Crippen MR) is 95.2 cm³/mol. The summed E-state index contributed by atoms with van der Waals surface area (Å²) in [5.41, 5.74) is 1.70. The maximum Gasteiger partial charge on any atom is 0.329 e. The van der Waals surface area contributed by atoms with E-state index in [1.54, 1.807) is 18.2 Å². The molecule has 1 heterocycles. The van der Waals surface area contributed by atoms with Crippen LogP contribution in [0.25, 0.3) is 0 Å². The normalized spacial score (nSPS) is 15.8. The number of methoxy groups -OCH3 is 1. The molecule has 4 nitrogen and oxygen atoms in total. The third-order valence-corrected chi connectivity index (χ3v) is 5.18. The molecule has 1 aliphatic rings. The Morgan fingerprint density at radius 3 is 2.68 bits per heavy atom. The number of hydrogen-bond acceptors (Lipinski definition) is 4. The van der Waals surface area contributed by atoms with Crippen molar-refractivity contribution in [2.24, 2.45) is 0 Å². The molecule has 0 radical (unpaired) electrons. The number of ether oxygens (including phenoxy) is 1. The van der Waals surface area contributed by atoms with E-state index in [2.05, 4.69) is 0 Å². The third-order valence-electron chi connectivity index (χ3n) is 4.13. The highest BCUT2D eigenvalue weighted by Crippen LogP contribution is 2.33. The topological polar surface area (TPSA) is 46.6 Å². The summed E-state index contributed by atoms with van der Waals surface area (Å²) >= 11 is 1.29. The molecule has 2 aromatic carbocycles. The number of para-hydroxylation sites is 1. The second-order valence-corrected chi connectivity index (χ2v) is 6.80. The van der Waals surface area contributed by atoms with Crippen LogP contribution >= 0.6 is 11.8 Å². The lowest BCUT2D eigenvalue weighted by molar-refractivity contribution is -0.143. The fraction of sp³-hybridized carbons (Fsp3) is 0.263. The van der Waals surface area contributed by atoms with Gasteiger partial charge in [-0.15, -0.1) is 11.8 Å². The van der Waals surface area contributed by atoms with Crippen LogP contribution < -0.4 is 4.90 Å². The predicted octanol–water partition coefficient (Wildman–Crippen LogP) is 3.44. The molecule has 2 aromatic rings. The second-order valence-electron chi connectivity index (χ2n) is 5.66. The number of halogens is 1. The van der Waals surface area contributed by atoms with Crippen molar-refractivity contribution in [3.8, 4) is 0 Å². The van der Waals surface area contributed by atoms with E-state index in [9.17, 15) is 14.0 Å². The van der Waals surface area contributed by atoms with Crippen LogP contribution in [0.15, 0.2) is 53.4 Å². The molecule has 130 valence electrons. The van der Waals surface area contributed by atoms with Crippen molar-refractivity contribution in [1.82, 2.24) is 0 Å². The van der Waals surface area contributed by atoms with Crippen LogP contribution in [-0.4, -0.2) is 30.8 Å². The Bertz CT molecular complexity index is 796. The van der Waals surface area contributed by atoms with Crippen LogP contribution in [0, 0.1) is 5.82 Å². The number of rotatable bonds is 5. The number of fused-ring (bicyclic) bond motifs is 1. The summed E-state index contributed by atoms with van der Waals surface area (Å²) in [7, 11) is 1.32. The van der Waals surface area contributed by atoms with E-state index in [1.165, 1.54) is 29.8 Å². The van der Waals surface area contributed by atoms with Gasteiger partial charge in [0.25, 0.3) is 0 Å². The standard InChI is InChI=1S/C19H18FNO3S/c1-24-19(23)16-12-13-6-2-4-8-15(13)21(16)18(22)10-11-25-17-9-5-3-7-14(17)20/h2-9,16H,10-12H2,1H3. The Labute approximate surface area is 150 Å². The Morgan fingerprint density at radius 1 is 1.20 bits per heavy atom. The summed E-state index contributed by atoms with van der Waals surface area (Å²) in [6.45, 7) is 0. The minimum absolute atomic E-state index is 0.163. The van der Waals surface area contributed by atoms with Crippen LogP contribution in [-0.2, 0) is 20.7 Å². The first-order chi connectivity index (χ1) is 12.1. The molecular formula is C19H18FNO3S. The molecule has 3 rings (SSSR count). The number of carbonyl (C=O) groups is 2. The van der Waals surface area contributed by atoms with E-state index in [0.717, 1.165) is 11.3 Å². The minimum atomic E-state index is -0.631. The van der Waals surface area contributed by atoms with Gasteiger partial charge in [0.1, 0.15) is 11.9 Å². The first-order valence-electron chi connectivity index (χ1n) is 7.97. The van der Waals surface area contributed by atoms with Gasteiger partial charge in [-0.3, -0.25) is 9.69 Å². The number of anilines is 1. The number of hydrogen-bond donors (Lipinski definition) is 0. The Morgan fingerprint density at radius 2 is 1.92 bits per heavy atom. The summed E-state index contributed by atoms with van der Waals surface area (Å²) in [6, 6.07) is 13.3. The number of nitrogens with zero attached hydrogens (tertiary/aromatic N) is 1. The molecule has 0 spiro atoms. The van der Waals surface area contributed by atoms with Crippen molar-refractivity contribution in [3.05, 3.63) is 59.9 Å². The van der Waals surface area contributed by atoms with Crippen LogP contribution in [0.4, 0.5) is 10.1 Å². The molecule has 0 saturated carbocycles. The van der Waals surface area contributed by atoms with Crippen LogP contribution in [0.5, 0.6) is 0 Å². The van der Waals surface area contributed by atoms with Crippen molar-refractivity contribution in [1.29, 1.82) is 0 Å². The van der Waals surface area contributed by atoms with E-state index >= 15 is 0 Å². The molecular weight excluding hydrogens is 341 g/mol. The van der Waals surface area contributed by atoms with Gasteiger partial charge in [0.05, 0.1) is 7.11 Å². The van der Waals surface area contributed by atoms with Gasteiger partial charge in [-0.1, -0.05) is 30.3 Å². The number of esters is 1. The number of carbonyl (C=O) groups excluding carboxylic acids is 2. The lowest BCUT2D eigenvalue weighted by atomic mass is 10.1. The first kappa shape index (κ1) is 17.5. The highest BCUT2D eigenvalue weighted by Gasteiger charge is 2.38. The van der Waals surface area contributed by atoms with Crippen molar-refractivity contribution >= 4 is 29.3 Å². The van der Waals surface area contributed by atoms with Crippen molar-refractivity contribution < 1.29 is 18.7 Å². The van der Waals surface area contributed by atoms with Crippen LogP contribution in [0.3, 0.4) is 0 Å². The van der Waals surface area contributed by atoms with E-state index < -0.39 is 12.0 Å². The molecule has 1 unspecified atom stereocenters. The molecule has 6 heteroatoms. The van der Waals surface area contributed by atoms with Gasteiger partial charge in [0.2, 0.25) is 5.91 Å². The average Bonchev–Trinajstić information content (AvgIpc) is 3.02. The van der Waals surface area contributed by atoms with Crippen LogP contribution in [0.1, 0.15) is 12.0 Å². The first-order valence-corrected chi connectivity index (χ1v) is 8.95. The lowest BCUT2D eigenvalue weighted by Crippen LogP contribution is -2.43. The van der Waals surface area contributed by atoms with Crippen molar-refractivity contribution in [2.45, 2.75) is 23.8 Å². The summed E-state index contributed by atoms with van der Waals surface area (Å²) in [5, 5.41) is 0. The SMILES string of the molecule is COC(=O)C1Cc2ccccc2N1C(=O)CCSc1ccccc1F. The van der Waals surface area contributed by atoms with Gasteiger partial charge in [-0.05, 0) is 23.8 Å². The summed E-state index contributed by atoms with van der Waals surface area (Å²) in [4.78, 5) is 26.8. The summed E-state index contributed by atoms with van der Waals surface area (Å²) in [5.74, 6) is -0.443. The molecule has 1 aliphatic heterocycles. The monoisotopic (exact) mass is 359 g/mol. The molecule has 1 amide bonds. The van der Waals surface area contributed by atoms with E-state index in [-0.39, 0.29) is 18.1 Å². The zero-order chi connectivity index (χ0) is 17.8. The Hall–Kier alpha value is -2.34. The highest BCUT2D eigenvalue weighted by atomic mass is 32.2. The van der Waals surface area contributed by atoms with Gasteiger partial charge < -0.3 is 4.74 Å². The summed E-state index contributed by atoms with van der Waals surface area (Å²) < 4.78 is 18.5. The minimum Gasteiger partial charge on any atom is -0.467 e. The number of amides is 1.